The topological polar surface area (TPSA) is 93.3 Å². The van der Waals surface area contributed by atoms with Crippen molar-refractivity contribution in [3.63, 3.8) is 0 Å². The van der Waals surface area contributed by atoms with Gasteiger partial charge < -0.3 is 20.1 Å². The van der Waals surface area contributed by atoms with Crippen molar-refractivity contribution in [3.8, 4) is 0 Å². The van der Waals surface area contributed by atoms with Crippen molar-refractivity contribution >= 4 is 153 Å². The molecule has 0 atom stereocenters. The zero-order valence-electron chi connectivity index (χ0n) is 62.0. The van der Waals surface area contributed by atoms with Crippen molar-refractivity contribution in [1.82, 2.24) is 0 Å². The maximum atomic E-state index is 7.92. The van der Waals surface area contributed by atoms with Gasteiger partial charge in [-0.2, -0.15) is 0 Å². The first kappa shape index (κ1) is 93.1. The molecule has 0 bridgehead atoms. The van der Waals surface area contributed by atoms with Crippen LogP contribution < -0.4 is 0 Å². The van der Waals surface area contributed by atoms with E-state index >= 15 is 0 Å². The Morgan fingerprint density at radius 3 is 0.621 bits per heavy atom. The Morgan fingerprint density at radius 1 is 0.284 bits per heavy atom. The molecule has 0 spiro atoms. The summed E-state index contributed by atoms with van der Waals surface area (Å²) in [5.41, 5.74) is 5.88. The van der Waals surface area contributed by atoms with E-state index in [1.807, 2.05) is 111 Å². The van der Waals surface area contributed by atoms with Gasteiger partial charge >= 0.3 is 39.0 Å². The van der Waals surface area contributed by atoms with Gasteiger partial charge in [-0.1, -0.05) is 346 Å². The molecule has 11 heteroatoms. The van der Waals surface area contributed by atoms with Gasteiger partial charge in [-0.05, 0) is 191 Å². The van der Waals surface area contributed by atoms with Gasteiger partial charge in [-0.25, -0.2) is 0 Å². The number of thiol groups is 1. The molecule has 0 aliphatic rings. The number of hydrogen-bond donors (Lipinski definition) is 5. The summed E-state index contributed by atoms with van der Waals surface area (Å²) in [4.78, 5) is 0. The first-order valence-corrected chi connectivity index (χ1v) is 37.1. The van der Waals surface area contributed by atoms with Crippen molar-refractivity contribution in [1.29, 1.82) is 0 Å². The van der Waals surface area contributed by atoms with Gasteiger partial charge in [0.1, 0.15) is 0 Å². The van der Waals surface area contributed by atoms with Crippen LogP contribution in [0.5, 0.6) is 0 Å². The zero-order valence-corrected chi connectivity index (χ0v) is 66.1. The minimum atomic E-state index is -1.12. The molecule has 0 aromatic heterocycles. The van der Waals surface area contributed by atoms with Gasteiger partial charge in [0.25, 0.3) is 0 Å². The third-order valence-corrected chi connectivity index (χ3v) is 15.6. The summed E-state index contributed by atoms with van der Waals surface area (Å²) in [5.74, 6) is 0. The molecule has 511 valence electrons. The fourth-order valence-corrected chi connectivity index (χ4v) is 11.5. The standard InChI is InChI=1S/C18H18.C16H13Br.C16H14.C14H9Br.2C2H7BO2.8C2H6.BHNS/c1-3-13-15-9-5-7-11-17(15)14(4-2)18-12-8-6-10-16(13)18;1-2-11-12-7-3-5-9-14(12)16(17)15-10-6-4-8-13(11)15;1-2-14-15-9-5-3-7-12(15)11-13-8-4-6-10-16(13)14;15-14-12-7-3-1-5-10(12)9-11-6-2-4-8-13(11)14;2*1-2-3(4)5;8*1-2;1-2-3/h5-12H,3-4H2,1-2H3;3-10H,2H2,1H3;3-11H,2H2,1H3;1-9H;2*4-5H,2H2,1H3;8*1-2H3;3H. The van der Waals surface area contributed by atoms with Crippen LogP contribution in [0.25, 0.3) is 86.2 Å². The fourth-order valence-electron chi connectivity index (χ4n) is 10.1. The van der Waals surface area contributed by atoms with Gasteiger partial charge in [-0.3, -0.25) is 0 Å². The van der Waals surface area contributed by atoms with Crippen LogP contribution in [0.4, 0.5) is 0 Å². The predicted molar refractivity (Wildman–Crippen MR) is 448 cm³/mol. The van der Waals surface area contributed by atoms with E-state index in [9.17, 15) is 0 Å². The monoisotopic (exact) mass is 1430 g/mol. The number of nitrogens with zero attached hydrogens (tertiary/aromatic N) is 1. The maximum absolute atomic E-state index is 7.92. The number of fused-ring (bicyclic) bond motifs is 8. The van der Waals surface area contributed by atoms with E-state index in [2.05, 4.69) is 291 Å². The van der Waals surface area contributed by atoms with Gasteiger partial charge in [0, 0.05) is 8.95 Å². The minimum absolute atomic E-state index is 0.417. The molecule has 0 amide bonds. The molecule has 0 aliphatic heterocycles. The number of benzene rings is 12. The molecule has 95 heavy (non-hydrogen) atoms. The van der Waals surface area contributed by atoms with Gasteiger partial charge in [0.15, 0.2) is 0 Å². The summed E-state index contributed by atoms with van der Waals surface area (Å²) in [6.45, 7) is 44.4. The van der Waals surface area contributed by atoms with Crippen molar-refractivity contribution in [2.75, 3.05) is 0 Å². The number of rotatable bonds is 6. The molecule has 0 saturated heterocycles. The van der Waals surface area contributed by atoms with E-state index in [0.717, 1.165) is 25.7 Å². The van der Waals surface area contributed by atoms with Gasteiger partial charge in [0.05, 0.1) is 0 Å². The summed E-state index contributed by atoms with van der Waals surface area (Å²) < 4.78 is 5.09. The molecule has 0 heterocycles. The third-order valence-electron chi connectivity index (χ3n) is 13.9. The predicted octanol–water partition coefficient (Wildman–Crippen LogP) is 27.1. The SMILES string of the molecule is Brc1c2ccccc2cc2ccccc12.CC.CC.CC.CC.CC.CC.CC.CC.CCB(O)O.CCB(O)O.CCc1c2ccccc2c(Br)c2ccccc12.CCc1c2ccccc2c(CC)c2ccccc12.CCc1c2ccccc2cc2ccccc12.[B]=NS. The first-order valence-electron chi connectivity index (χ1n) is 35.1. The molecular formula is C84H117B3Br2NO4S. The molecule has 0 saturated carbocycles. The van der Waals surface area contributed by atoms with E-state index in [-0.39, 0.29) is 0 Å². The van der Waals surface area contributed by atoms with Crippen LogP contribution in [-0.4, -0.2) is 42.0 Å². The molecule has 12 aromatic rings. The van der Waals surface area contributed by atoms with Crippen molar-refractivity contribution in [2.24, 2.45) is 4.30 Å². The molecule has 1 radical (unpaired) electrons. The van der Waals surface area contributed by atoms with Crippen LogP contribution >= 0.6 is 44.7 Å². The van der Waals surface area contributed by atoms with Crippen LogP contribution in [-0.2, 0) is 25.7 Å². The Labute approximate surface area is 600 Å². The average molecular weight is 1430 g/mol. The van der Waals surface area contributed by atoms with E-state index < -0.39 is 14.2 Å². The average Bonchev–Trinajstić information content (AvgIpc) is 0.787. The Bertz CT molecular complexity index is 3640. The van der Waals surface area contributed by atoms with Crippen molar-refractivity contribution < 1.29 is 20.1 Å². The summed E-state index contributed by atoms with van der Waals surface area (Å²) in [6.07, 6.45) is 5.16. The Morgan fingerprint density at radius 2 is 0.421 bits per heavy atom. The normalized spacial score (nSPS) is 9.18. The zero-order chi connectivity index (χ0) is 72.8. The van der Waals surface area contributed by atoms with Crippen LogP contribution in [0.3, 0.4) is 0 Å². The van der Waals surface area contributed by atoms with Crippen LogP contribution in [0.15, 0.2) is 220 Å². The van der Waals surface area contributed by atoms with E-state index in [4.69, 9.17) is 20.1 Å². The molecule has 5 nitrogen and oxygen atoms in total. The van der Waals surface area contributed by atoms with Gasteiger partial charge in [0.2, 0.25) is 0 Å². The second-order valence-electron chi connectivity index (χ2n) is 18.7. The van der Waals surface area contributed by atoms with Crippen LogP contribution in [0.1, 0.15) is 175 Å². The molecule has 4 N–H and O–H groups in total. The summed E-state index contributed by atoms with van der Waals surface area (Å²) in [6, 6.07) is 73.5. The molecule has 0 aliphatic carbocycles. The van der Waals surface area contributed by atoms with Gasteiger partial charge in [-0.15, -0.1) is 0 Å². The molecule has 12 rings (SSSR count). The second-order valence-corrected chi connectivity index (χ2v) is 20.5. The van der Waals surface area contributed by atoms with E-state index in [0.29, 0.717) is 12.6 Å². The number of halogens is 2. The van der Waals surface area contributed by atoms with Crippen LogP contribution in [0, 0.1) is 0 Å². The molecular weight excluding hydrogens is 1310 g/mol. The quantitative estimate of drug-likeness (QED) is 0.0651. The summed E-state index contributed by atoms with van der Waals surface area (Å²) in [7, 11) is 2.10. The third kappa shape index (κ3) is 28.8. The van der Waals surface area contributed by atoms with Crippen molar-refractivity contribution in [2.45, 2.75) is 191 Å². The molecule has 12 aromatic carbocycles. The number of aryl methyl sites for hydroxylation is 4. The van der Waals surface area contributed by atoms with Crippen molar-refractivity contribution in [3.05, 3.63) is 237 Å². The Kier molecular flexibility index (Phi) is 56.9. The number of hydrogen-bond acceptors (Lipinski definition) is 6. The fraction of sp³-hybridized carbons (Fsp3) is 0.333. The molecule has 0 fully saturated rings. The first-order chi connectivity index (χ1) is 46.4. The van der Waals surface area contributed by atoms with E-state index in [1.54, 1.807) is 13.8 Å². The summed E-state index contributed by atoms with van der Waals surface area (Å²) >= 11 is 10.6. The Hall–Kier alpha value is -6.14. The summed E-state index contributed by atoms with van der Waals surface area (Å²) in [5, 5.41) is 53.3. The Balaban J connectivity index is -0.00000105. The van der Waals surface area contributed by atoms with Crippen LogP contribution in [0.2, 0.25) is 12.6 Å². The molecule has 0 unspecified atom stereocenters. The van der Waals surface area contributed by atoms with E-state index in [1.165, 1.54) is 117 Å². The second kappa shape index (κ2) is 58.1.